The van der Waals surface area contributed by atoms with Crippen molar-refractivity contribution in [2.24, 2.45) is 5.73 Å². The molecular formula is C21H24N6O2S. The summed E-state index contributed by atoms with van der Waals surface area (Å²) in [6, 6.07) is 10.9. The van der Waals surface area contributed by atoms with Gasteiger partial charge >= 0.3 is 0 Å². The monoisotopic (exact) mass is 424 g/mol. The molecule has 2 heterocycles. The maximum absolute atomic E-state index is 12.7. The van der Waals surface area contributed by atoms with Crippen molar-refractivity contribution in [1.29, 1.82) is 0 Å². The van der Waals surface area contributed by atoms with Crippen LogP contribution in [0.15, 0.2) is 48.8 Å². The maximum Gasteiger partial charge on any atom is 0.270 e. The average molecular weight is 425 g/mol. The minimum absolute atomic E-state index is 0.0434. The molecule has 0 aliphatic carbocycles. The summed E-state index contributed by atoms with van der Waals surface area (Å²) in [5, 5.41) is 7.03. The van der Waals surface area contributed by atoms with Crippen LogP contribution < -0.4 is 16.4 Å². The van der Waals surface area contributed by atoms with Crippen LogP contribution in [0, 0.1) is 0 Å². The minimum atomic E-state index is -0.694. The highest BCUT2D eigenvalue weighted by atomic mass is 32.1. The highest BCUT2D eigenvalue weighted by molar-refractivity contribution is 7.19. The van der Waals surface area contributed by atoms with E-state index in [4.69, 9.17) is 5.73 Å². The fraction of sp³-hybridized carbons (Fsp3) is 0.238. The lowest BCUT2D eigenvalue weighted by Crippen LogP contribution is -2.26. The third-order valence-corrected chi connectivity index (χ3v) is 5.32. The van der Waals surface area contributed by atoms with E-state index in [2.05, 4.69) is 25.5 Å². The summed E-state index contributed by atoms with van der Waals surface area (Å²) in [4.78, 5) is 34.8. The zero-order valence-electron chi connectivity index (χ0n) is 16.9. The molecule has 0 spiro atoms. The highest BCUT2D eigenvalue weighted by Crippen LogP contribution is 2.32. The van der Waals surface area contributed by atoms with Crippen molar-refractivity contribution < 1.29 is 9.59 Å². The van der Waals surface area contributed by atoms with Gasteiger partial charge < -0.3 is 21.3 Å². The number of benzene rings is 1. The molecule has 0 aliphatic heterocycles. The Bertz CT molecular complexity index is 1000. The number of nitrogens with two attached hydrogens (primary N) is 1. The molecule has 0 radical (unpaired) electrons. The molecular weight excluding hydrogens is 400 g/mol. The number of hydrogen-bond donors (Lipinski definition) is 3. The number of likely N-dealkylation sites (N-methyl/N-ethyl adjacent to an activating group) is 1. The number of amides is 2. The molecule has 156 valence electrons. The normalized spacial score (nSPS) is 10.9. The molecule has 0 saturated carbocycles. The molecule has 0 saturated heterocycles. The lowest BCUT2D eigenvalue weighted by Gasteiger charge is -2.10. The van der Waals surface area contributed by atoms with Crippen molar-refractivity contribution in [2.75, 3.05) is 32.5 Å². The van der Waals surface area contributed by atoms with Crippen molar-refractivity contribution in [2.45, 2.75) is 6.54 Å². The number of pyridine rings is 1. The number of aromatic nitrogens is 2. The molecule has 3 rings (SSSR count). The number of thiazole rings is 1. The third kappa shape index (κ3) is 5.69. The first kappa shape index (κ1) is 21.6. The Morgan fingerprint density at radius 2 is 1.80 bits per heavy atom. The summed E-state index contributed by atoms with van der Waals surface area (Å²) in [7, 11) is 4.06. The Balaban J connectivity index is 1.68. The summed E-state index contributed by atoms with van der Waals surface area (Å²) in [5.74, 6) is -1.02. The summed E-state index contributed by atoms with van der Waals surface area (Å²) < 4.78 is 0. The van der Waals surface area contributed by atoms with Crippen LogP contribution in [0.5, 0.6) is 0 Å². The number of carbonyl (C=O) groups is 2. The first-order chi connectivity index (χ1) is 14.4. The van der Waals surface area contributed by atoms with Crippen molar-refractivity contribution >= 4 is 28.2 Å². The van der Waals surface area contributed by atoms with E-state index in [1.807, 2.05) is 26.2 Å². The van der Waals surface area contributed by atoms with Crippen LogP contribution in [-0.2, 0) is 6.54 Å². The average Bonchev–Trinajstić information content (AvgIpc) is 3.16. The largest absolute Gasteiger partial charge is 0.364 e. The van der Waals surface area contributed by atoms with Crippen molar-refractivity contribution in [1.82, 2.24) is 20.2 Å². The highest BCUT2D eigenvalue weighted by Gasteiger charge is 2.19. The van der Waals surface area contributed by atoms with Gasteiger partial charge in [-0.25, -0.2) is 4.98 Å². The molecule has 3 aromatic rings. The van der Waals surface area contributed by atoms with E-state index in [0.29, 0.717) is 15.6 Å². The summed E-state index contributed by atoms with van der Waals surface area (Å²) in [6.07, 6.45) is 3.27. The van der Waals surface area contributed by atoms with Crippen molar-refractivity contribution in [3.8, 4) is 10.6 Å². The van der Waals surface area contributed by atoms with Gasteiger partial charge in [-0.15, -0.1) is 0 Å². The van der Waals surface area contributed by atoms with E-state index in [-0.39, 0.29) is 11.6 Å². The molecule has 2 amide bonds. The van der Waals surface area contributed by atoms with Gasteiger partial charge in [0.2, 0.25) is 0 Å². The molecule has 0 unspecified atom stereocenters. The van der Waals surface area contributed by atoms with Crippen LogP contribution in [0.2, 0.25) is 0 Å². The predicted molar refractivity (Wildman–Crippen MR) is 119 cm³/mol. The first-order valence-corrected chi connectivity index (χ1v) is 10.2. The number of nitrogens with zero attached hydrogens (tertiary/aromatic N) is 3. The summed E-state index contributed by atoms with van der Waals surface area (Å²) >= 11 is 1.20. The number of hydrogen-bond acceptors (Lipinski definition) is 7. The van der Waals surface area contributed by atoms with E-state index in [0.717, 1.165) is 30.8 Å². The smallest absolute Gasteiger partial charge is 0.270 e. The Hall–Kier alpha value is -3.14. The Morgan fingerprint density at radius 1 is 1.10 bits per heavy atom. The van der Waals surface area contributed by atoms with E-state index >= 15 is 0 Å². The molecule has 0 aliphatic rings. The molecule has 0 fully saturated rings. The zero-order chi connectivity index (χ0) is 21.5. The van der Waals surface area contributed by atoms with Gasteiger partial charge in [-0.3, -0.25) is 14.6 Å². The topological polar surface area (TPSA) is 113 Å². The van der Waals surface area contributed by atoms with E-state index < -0.39 is 5.91 Å². The van der Waals surface area contributed by atoms with Gasteiger partial charge in [0.25, 0.3) is 11.8 Å². The van der Waals surface area contributed by atoms with E-state index in [1.165, 1.54) is 11.3 Å². The molecule has 30 heavy (non-hydrogen) atoms. The fourth-order valence-corrected chi connectivity index (χ4v) is 3.65. The van der Waals surface area contributed by atoms with Crippen molar-refractivity contribution in [3.63, 3.8) is 0 Å². The lowest BCUT2D eigenvalue weighted by atomic mass is 10.1. The van der Waals surface area contributed by atoms with Gasteiger partial charge in [0.1, 0.15) is 10.0 Å². The maximum atomic E-state index is 12.7. The second-order valence-corrected chi connectivity index (χ2v) is 7.93. The summed E-state index contributed by atoms with van der Waals surface area (Å²) in [6.45, 7) is 2.57. The van der Waals surface area contributed by atoms with Crippen LogP contribution >= 0.6 is 11.3 Å². The molecule has 9 heteroatoms. The lowest BCUT2D eigenvalue weighted by molar-refractivity contribution is 0.0997. The Labute approximate surface area is 179 Å². The van der Waals surface area contributed by atoms with Gasteiger partial charge in [-0.05, 0) is 43.9 Å². The molecule has 4 N–H and O–H groups in total. The molecule has 8 nitrogen and oxygen atoms in total. The molecule has 0 bridgehead atoms. The quantitative estimate of drug-likeness (QED) is 0.454. The van der Waals surface area contributed by atoms with Gasteiger partial charge in [0.05, 0.1) is 0 Å². The molecule has 0 atom stereocenters. The van der Waals surface area contributed by atoms with Crippen LogP contribution in [-0.4, -0.2) is 53.9 Å². The van der Waals surface area contributed by atoms with Crippen LogP contribution in [0.25, 0.3) is 10.6 Å². The number of primary amides is 1. The van der Waals surface area contributed by atoms with Gasteiger partial charge in [0, 0.05) is 43.2 Å². The number of anilines is 1. The van der Waals surface area contributed by atoms with Crippen LogP contribution in [0.3, 0.4) is 0 Å². The first-order valence-electron chi connectivity index (χ1n) is 9.41. The second-order valence-electron chi connectivity index (χ2n) is 6.93. The van der Waals surface area contributed by atoms with Crippen molar-refractivity contribution in [3.05, 3.63) is 65.6 Å². The number of nitrogens with one attached hydrogen (secondary N) is 2. The van der Waals surface area contributed by atoms with Gasteiger partial charge in [-0.1, -0.05) is 23.5 Å². The zero-order valence-corrected chi connectivity index (χ0v) is 17.7. The minimum Gasteiger partial charge on any atom is -0.364 e. The number of rotatable bonds is 9. The third-order valence-electron chi connectivity index (χ3n) is 4.30. The number of carbonyl (C=O) groups excluding carboxylic acids is 2. The van der Waals surface area contributed by atoms with Gasteiger partial charge in [0.15, 0.2) is 5.69 Å². The van der Waals surface area contributed by atoms with E-state index in [1.54, 1.807) is 36.7 Å². The fourth-order valence-electron chi connectivity index (χ4n) is 2.67. The SMILES string of the molecule is CN(C)CCNCc1ccc(C(=O)Nc2sc(-c3ccncc3)nc2C(N)=O)cc1. The van der Waals surface area contributed by atoms with Crippen LogP contribution in [0.1, 0.15) is 26.4 Å². The summed E-state index contributed by atoms with van der Waals surface area (Å²) in [5.41, 5.74) is 7.86. The van der Waals surface area contributed by atoms with Gasteiger partial charge in [-0.2, -0.15) is 0 Å². The standard InChI is InChI=1S/C21H24N6O2S/c1-27(2)12-11-24-13-14-3-5-15(6-4-14)19(29)26-21-17(18(22)28)25-20(30-21)16-7-9-23-10-8-16/h3-10,24H,11-13H2,1-2H3,(H2,22,28)(H,26,29). The predicted octanol–water partition coefficient (Wildman–Crippen LogP) is 2.21. The van der Waals surface area contributed by atoms with E-state index in [9.17, 15) is 9.59 Å². The molecule has 2 aromatic heterocycles. The second kappa shape index (κ2) is 10.1. The molecule has 1 aromatic carbocycles. The Morgan fingerprint density at radius 3 is 2.43 bits per heavy atom. The van der Waals surface area contributed by atoms with Crippen LogP contribution in [0.4, 0.5) is 5.00 Å². The Kier molecular flexibility index (Phi) is 7.23.